The summed E-state index contributed by atoms with van der Waals surface area (Å²) in [4.78, 5) is 0. The van der Waals surface area contributed by atoms with E-state index < -0.39 is 0 Å². The van der Waals surface area contributed by atoms with E-state index in [1.54, 1.807) is 0 Å². The fourth-order valence-corrected chi connectivity index (χ4v) is 7.87. The molecule has 7 rings (SSSR count). The Bertz CT molecular complexity index is 985. The molecule has 0 aromatic heterocycles. The van der Waals surface area contributed by atoms with Gasteiger partial charge in [0.1, 0.15) is 0 Å². The third kappa shape index (κ3) is 8.73. The third-order valence-corrected chi connectivity index (χ3v) is 8.74. The molecule has 205 valence electrons. The quantitative estimate of drug-likeness (QED) is 0.210. The Morgan fingerprint density at radius 2 is 1.18 bits per heavy atom. The predicted octanol–water partition coefficient (Wildman–Crippen LogP) is 10.4. The number of benzene rings is 2. The molecule has 0 heterocycles. The summed E-state index contributed by atoms with van der Waals surface area (Å²) in [6, 6.07) is 20.8. The zero-order valence-electron chi connectivity index (χ0n) is 25.2. The summed E-state index contributed by atoms with van der Waals surface area (Å²) in [6.07, 6.45) is 11.2. The Kier molecular flexibility index (Phi) is 12.3. The van der Waals surface area contributed by atoms with Crippen molar-refractivity contribution in [3.63, 3.8) is 0 Å². The molecule has 0 aliphatic heterocycles. The minimum atomic E-state index is -0.0249. The van der Waals surface area contributed by atoms with Gasteiger partial charge >= 0.3 is 0 Å². The summed E-state index contributed by atoms with van der Waals surface area (Å²) < 4.78 is 0. The maximum atomic E-state index is 8.46. The van der Waals surface area contributed by atoms with Gasteiger partial charge in [0.15, 0.2) is 0 Å². The Balaban J connectivity index is 0.000000191. The number of hydrogen-bond donors (Lipinski definition) is 0. The van der Waals surface area contributed by atoms with Crippen molar-refractivity contribution in [2.24, 2.45) is 22.7 Å². The van der Waals surface area contributed by atoms with Gasteiger partial charge in [0.05, 0.1) is 0 Å². The second kappa shape index (κ2) is 14.0. The van der Waals surface area contributed by atoms with Crippen LogP contribution in [0.15, 0.2) is 77.4 Å². The Hall–Kier alpha value is -1.03. The second-order valence-corrected chi connectivity index (χ2v) is 14.2. The molecule has 0 amide bonds. The fraction of sp³-hybridized carbons (Fsp3) is 0.543. The Morgan fingerprint density at radius 1 is 0.763 bits per heavy atom. The summed E-state index contributed by atoms with van der Waals surface area (Å²) >= 11 is 0. The van der Waals surface area contributed by atoms with Gasteiger partial charge in [-0.2, -0.15) is 11.1 Å². The first-order valence-corrected chi connectivity index (χ1v) is 16.6. The first-order chi connectivity index (χ1) is 17.4. The molecule has 4 bridgehead atoms. The van der Waals surface area contributed by atoms with Crippen LogP contribution < -0.4 is 0 Å². The van der Waals surface area contributed by atoms with Crippen molar-refractivity contribution in [3.05, 3.63) is 89.2 Å². The average molecular weight is 691 g/mol. The Morgan fingerprint density at radius 3 is 1.45 bits per heavy atom. The van der Waals surface area contributed by atoms with Crippen LogP contribution in [0.1, 0.15) is 80.1 Å². The van der Waals surface area contributed by atoms with Gasteiger partial charge in [-0.25, -0.2) is 5.57 Å². The molecule has 0 saturated heterocycles. The molecular formula is C35H50HfNSi-2. The van der Waals surface area contributed by atoms with Crippen molar-refractivity contribution < 1.29 is 25.8 Å². The first kappa shape index (κ1) is 33.2. The first-order valence-electron chi connectivity index (χ1n) is 14.3. The van der Waals surface area contributed by atoms with Crippen LogP contribution in [0.3, 0.4) is 0 Å². The van der Waals surface area contributed by atoms with Crippen LogP contribution in [0.5, 0.6) is 0 Å². The van der Waals surface area contributed by atoms with Crippen molar-refractivity contribution in [3.8, 4) is 11.1 Å². The van der Waals surface area contributed by atoms with Gasteiger partial charge in [-0.05, 0) is 47.1 Å². The largest absolute Gasteiger partial charge is 0.672 e. The summed E-state index contributed by atoms with van der Waals surface area (Å²) in [6.45, 7) is 17.9. The maximum Gasteiger partial charge on any atom is 0.0213 e. The van der Waals surface area contributed by atoms with Crippen LogP contribution in [-0.4, -0.2) is 15.1 Å². The average Bonchev–Trinajstić information content (AvgIpc) is 3.04. The second-order valence-electron chi connectivity index (χ2n) is 13.0. The molecule has 4 saturated carbocycles. The molecule has 1 nitrogen and oxygen atoms in total. The normalized spacial score (nSPS) is 32.0. The smallest absolute Gasteiger partial charge is 0.0213 e. The monoisotopic (exact) mass is 692 g/mol. The minimum Gasteiger partial charge on any atom is -0.672 e. The molecular weight excluding hydrogens is 641 g/mol. The number of nitrogens with one attached hydrogen (secondary N) is 1. The van der Waals surface area contributed by atoms with Gasteiger partial charge in [-0.1, -0.05) is 134 Å². The van der Waals surface area contributed by atoms with Crippen molar-refractivity contribution >= 4 is 9.52 Å². The van der Waals surface area contributed by atoms with Crippen molar-refractivity contribution in [1.29, 1.82) is 0 Å². The van der Waals surface area contributed by atoms with E-state index in [9.17, 15) is 0 Å². The Labute approximate surface area is 255 Å². The van der Waals surface area contributed by atoms with E-state index in [4.69, 9.17) is 5.73 Å². The van der Waals surface area contributed by atoms with Gasteiger partial charge in [0.2, 0.25) is 0 Å². The molecule has 4 fully saturated rings. The predicted molar refractivity (Wildman–Crippen MR) is 165 cm³/mol. The SMILES string of the molecule is CC12CC3CC(C)(C1)CC([NH-])(C3)C2.CC1=[C-]C(C)C(C)=C1C.C[SiH]C.[Hf].c1ccc(-c2ccccc2)cc1. The van der Waals surface area contributed by atoms with E-state index in [0.717, 1.165) is 15.4 Å². The minimum absolute atomic E-state index is 0. The zero-order valence-corrected chi connectivity index (χ0v) is 30.0. The van der Waals surface area contributed by atoms with Gasteiger partial charge in [0, 0.05) is 35.4 Å². The van der Waals surface area contributed by atoms with Crippen LogP contribution in [0.25, 0.3) is 16.9 Å². The molecule has 3 unspecified atom stereocenters. The molecule has 1 N–H and O–H groups in total. The van der Waals surface area contributed by atoms with Gasteiger partial charge < -0.3 is 5.73 Å². The van der Waals surface area contributed by atoms with E-state index in [2.05, 4.69) is 109 Å². The van der Waals surface area contributed by atoms with E-state index in [0.29, 0.717) is 16.7 Å². The van der Waals surface area contributed by atoms with E-state index in [1.807, 2.05) is 12.1 Å². The summed E-state index contributed by atoms with van der Waals surface area (Å²) in [5.74, 6) is 1.45. The molecule has 5 aliphatic rings. The van der Waals surface area contributed by atoms with Crippen molar-refractivity contribution in [2.45, 2.75) is 98.7 Å². The molecule has 0 spiro atoms. The molecule has 3 atom stereocenters. The topological polar surface area (TPSA) is 23.8 Å². The van der Waals surface area contributed by atoms with Gasteiger partial charge in [-0.15, -0.1) is 12.5 Å². The molecule has 1 radical (unpaired) electrons. The van der Waals surface area contributed by atoms with E-state index >= 15 is 0 Å². The van der Waals surface area contributed by atoms with Gasteiger partial charge in [0.25, 0.3) is 0 Å². The molecule has 5 aliphatic carbocycles. The van der Waals surface area contributed by atoms with Crippen LogP contribution >= 0.6 is 0 Å². The fourth-order valence-electron chi connectivity index (χ4n) is 7.87. The van der Waals surface area contributed by atoms with Crippen LogP contribution in [0, 0.1) is 28.7 Å². The zero-order chi connectivity index (χ0) is 27.3. The number of allylic oxidation sites excluding steroid dienone is 4. The van der Waals surface area contributed by atoms with Gasteiger partial charge in [-0.3, -0.25) is 6.08 Å². The summed E-state index contributed by atoms with van der Waals surface area (Å²) in [5, 5.41) is 0. The van der Waals surface area contributed by atoms with Crippen molar-refractivity contribution in [2.75, 3.05) is 0 Å². The molecule has 38 heavy (non-hydrogen) atoms. The standard InChI is InChI=1S/C12H20N.C12H10.C9H13.C2H7Si.Hf/c1-10-3-9-4-11(2,6-10)8-12(13,5-9)7-10;1-3-7-11(8-4-1)12-9-5-2-6-10-12;1-6-5-7(2)9(4)8(6)3;1-3-2;/h9,13H,3-8H2,1-2H3;1-10H;6H,1-4H3;3H,1-2H3;/q-1;;-1;;. The van der Waals surface area contributed by atoms with E-state index in [-0.39, 0.29) is 31.4 Å². The van der Waals surface area contributed by atoms with Crippen LogP contribution in [-0.2, 0) is 25.8 Å². The van der Waals surface area contributed by atoms with Crippen molar-refractivity contribution in [1.82, 2.24) is 0 Å². The third-order valence-electron chi connectivity index (χ3n) is 8.74. The van der Waals surface area contributed by atoms with Crippen LogP contribution in [0.2, 0.25) is 13.1 Å². The number of hydrogen-bond acceptors (Lipinski definition) is 0. The molecule has 2 aromatic carbocycles. The maximum absolute atomic E-state index is 8.46. The summed E-state index contributed by atoms with van der Waals surface area (Å²) in [5.41, 5.74) is 16.3. The summed E-state index contributed by atoms with van der Waals surface area (Å²) in [7, 11) is 0.750. The molecule has 3 heteroatoms. The van der Waals surface area contributed by atoms with E-state index in [1.165, 1.54) is 66.4 Å². The van der Waals surface area contributed by atoms with Crippen LogP contribution in [0.4, 0.5) is 0 Å². The molecule has 2 aromatic rings. The number of rotatable bonds is 1.